The molecule has 0 saturated heterocycles. The lowest BCUT2D eigenvalue weighted by Crippen LogP contribution is -2.30. The van der Waals surface area contributed by atoms with Gasteiger partial charge >= 0.3 is 5.97 Å². The third kappa shape index (κ3) is 5.26. The number of nitrogens with one attached hydrogen (secondary N) is 1. The van der Waals surface area contributed by atoms with Crippen molar-refractivity contribution in [3.05, 3.63) is 77.6 Å². The molecule has 0 fully saturated rings. The molecule has 0 spiro atoms. The molecule has 0 aliphatic carbocycles. The minimum absolute atomic E-state index is 0.0979. The molecule has 28 heavy (non-hydrogen) atoms. The summed E-state index contributed by atoms with van der Waals surface area (Å²) in [5, 5.41) is 11.1. The van der Waals surface area contributed by atoms with Crippen LogP contribution < -0.4 is 5.32 Å². The summed E-state index contributed by atoms with van der Waals surface area (Å²) in [6.07, 6.45) is 1.69. The van der Waals surface area contributed by atoms with Gasteiger partial charge in [-0.05, 0) is 37.5 Å². The Hall–Kier alpha value is -3.48. The van der Waals surface area contributed by atoms with Crippen LogP contribution in [0.15, 0.2) is 60.7 Å². The van der Waals surface area contributed by atoms with Crippen molar-refractivity contribution in [2.45, 2.75) is 19.8 Å². The maximum Gasteiger partial charge on any atom is 0.361 e. The van der Waals surface area contributed by atoms with Crippen LogP contribution in [0, 0.1) is 6.92 Å². The van der Waals surface area contributed by atoms with E-state index in [4.69, 9.17) is 4.74 Å². The van der Waals surface area contributed by atoms with Crippen LogP contribution in [-0.2, 0) is 16.0 Å². The summed E-state index contributed by atoms with van der Waals surface area (Å²) in [7, 11) is 0. The molecule has 0 unspecified atom stereocenters. The van der Waals surface area contributed by atoms with Crippen LogP contribution in [0.5, 0.6) is 0 Å². The van der Waals surface area contributed by atoms with Gasteiger partial charge < -0.3 is 10.1 Å². The van der Waals surface area contributed by atoms with Crippen LogP contribution in [-0.4, -0.2) is 40.0 Å². The van der Waals surface area contributed by atoms with Crippen LogP contribution in [0.2, 0.25) is 0 Å². The first-order chi connectivity index (χ1) is 13.6. The highest BCUT2D eigenvalue weighted by atomic mass is 16.5. The molecule has 0 saturated carbocycles. The highest BCUT2D eigenvalue weighted by Gasteiger charge is 2.18. The van der Waals surface area contributed by atoms with E-state index in [1.807, 2.05) is 48.5 Å². The largest absolute Gasteiger partial charge is 0.451 e. The number of carbonyl (C=O) groups is 2. The van der Waals surface area contributed by atoms with Gasteiger partial charge in [0.2, 0.25) is 0 Å². The van der Waals surface area contributed by atoms with Gasteiger partial charge in [-0.15, -0.1) is 5.10 Å². The number of hydrogen-bond donors (Lipinski definition) is 1. The summed E-state index contributed by atoms with van der Waals surface area (Å²) in [4.78, 5) is 25.5. The van der Waals surface area contributed by atoms with Gasteiger partial charge in [-0.25, -0.2) is 4.79 Å². The molecule has 1 N–H and O–H groups in total. The number of aromatic nitrogens is 3. The van der Waals surface area contributed by atoms with Gasteiger partial charge in [0.05, 0.1) is 11.4 Å². The van der Waals surface area contributed by atoms with Gasteiger partial charge in [0, 0.05) is 6.54 Å². The highest BCUT2D eigenvalue weighted by Crippen LogP contribution is 2.09. The fraction of sp³-hybridized carbons (Fsp3) is 0.238. The monoisotopic (exact) mass is 378 g/mol. The minimum atomic E-state index is -0.667. The molecule has 2 aromatic carbocycles. The number of ether oxygens (including phenoxy) is 1. The minimum Gasteiger partial charge on any atom is -0.451 e. The molecule has 3 rings (SSSR count). The molecule has 7 nitrogen and oxygen atoms in total. The van der Waals surface area contributed by atoms with E-state index < -0.39 is 5.97 Å². The van der Waals surface area contributed by atoms with E-state index in [1.165, 1.54) is 10.4 Å². The summed E-state index contributed by atoms with van der Waals surface area (Å²) < 4.78 is 5.07. The number of aryl methyl sites for hydroxylation is 2. The zero-order valence-electron chi connectivity index (χ0n) is 15.7. The number of amides is 1. The van der Waals surface area contributed by atoms with E-state index in [9.17, 15) is 9.59 Å². The first kappa shape index (κ1) is 19.3. The van der Waals surface area contributed by atoms with Crippen molar-refractivity contribution >= 4 is 11.9 Å². The molecular formula is C21H22N4O3. The van der Waals surface area contributed by atoms with Crippen molar-refractivity contribution in [1.29, 1.82) is 0 Å². The number of rotatable bonds is 8. The summed E-state index contributed by atoms with van der Waals surface area (Å²) >= 11 is 0. The molecule has 1 aromatic heterocycles. The third-order valence-electron chi connectivity index (χ3n) is 4.10. The lowest BCUT2D eigenvalue weighted by atomic mass is 10.1. The van der Waals surface area contributed by atoms with Crippen molar-refractivity contribution in [2.24, 2.45) is 0 Å². The first-order valence-corrected chi connectivity index (χ1v) is 9.10. The molecule has 0 bridgehead atoms. The predicted octanol–water partition coefficient (Wildman–Crippen LogP) is 2.48. The second kappa shape index (κ2) is 9.45. The Bertz CT molecular complexity index is 923. The van der Waals surface area contributed by atoms with E-state index in [1.54, 1.807) is 6.92 Å². The number of benzene rings is 2. The van der Waals surface area contributed by atoms with Gasteiger partial charge in [-0.2, -0.15) is 9.90 Å². The van der Waals surface area contributed by atoms with E-state index in [2.05, 4.69) is 27.6 Å². The molecule has 144 valence electrons. The molecular weight excluding hydrogens is 356 g/mol. The number of para-hydroxylation sites is 1. The lowest BCUT2D eigenvalue weighted by molar-refractivity contribution is -0.124. The van der Waals surface area contributed by atoms with Crippen molar-refractivity contribution in [1.82, 2.24) is 20.3 Å². The molecule has 0 atom stereocenters. The maximum atomic E-state index is 12.2. The first-order valence-electron chi connectivity index (χ1n) is 9.10. The average Bonchev–Trinajstić information content (AvgIpc) is 3.12. The zero-order chi connectivity index (χ0) is 19.8. The number of hydrogen-bond acceptors (Lipinski definition) is 5. The van der Waals surface area contributed by atoms with E-state index >= 15 is 0 Å². The second-order valence-electron chi connectivity index (χ2n) is 6.27. The van der Waals surface area contributed by atoms with Crippen LogP contribution >= 0.6 is 0 Å². The Morgan fingerprint density at radius 2 is 1.68 bits per heavy atom. The highest BCUT2D eigenvalue weighted by molar-refractivity contribution is 5.90. The number of esters is 1. The van der Waals surface area contributed by atoms with Gasteiger partial charge in [0.25, 0.3) is 5.91 Å². The fourth-order valence-electron chi connectivity index (χ4n) is 2.66. The van der Waals surface area contributed by atoms with Gasteiger partial charge in [0.1, 0.15) is 0 Å². The summed E-state index contributed by atoms with van der Waals surface area (Å²) in [6.45, 7) is 1.85. The molecule has 0 radical (unpaired) electrons. The Morgan fingerprint density at radius 3 is 2.39 bits per heavy atom. The van der Waals surface area contributed by atoms with E-state index in [0.29, 0.717) is 12.2 Å². The average molecular weight is 378 g/mol. The Labute approximate surface area is 163 Å². The molecule has 3 aromatic rings. The third-order valence-corrected chi connectivity index (χ3v) is 4.10. The van der Waals surface area contributed by atoms with Crippen molar-refractivity contribution in [3.8, 4) is 5.69 Å². The molecule has 1 heterocycles. The van der Waals surface area contributed by atoms with Crippen LogP contribution in [0.4, 0.5) is 0 Å². The van der Waals surface area contributed by atoms with Gasteiger partial charge in [-0.3, -0.25) is 4.79 Å². The van der Waals surface area contributed by atoms with Crippen LogP contribution in [0.3, 0.4) is 0 Å². The van der Waals surface area contributed by atoms with Gasteiger partial charge in [0.15, 0.2) is 12.3 Å². The Morgan fingerprint density at radius 1 is 1.00 bits per heavy atom. The van der Waals surface area contributed by atoms with Crippen LogP contribution in [0.25, 0.3) is 5.69 Å². The van der Waals surface area contributed by atoms with Crippen molar-refractivity contribution in [2.75, 3.05) is 13.2 Å². The second-order valence-corrected chi connectivity index (χ2v) is 6.27. The van der Waals surface area contributed by atoms with E-state index in [0.717, 1.165) is 18.5 Å². The Balaban J connectivity index is 1.43. The summed E-state index contributed by atoms with van der Waals surface area (Å²) in [6, 6.07) is 19.3. The molecule has 0 aliphatic heterocycles. The number of carbonyl (C=O) groups excluding carboxylic acids is 2. The SMILES string of the molecule is Cc1nn(-c2ccccc2)nc1C(=O)OCC(=O)NCCCc1ccccc1. The Kier molecular flexibility index (Phi) is 6.51. The predicted molar refractivity (Wildman–Crippen MR) is 104 cm³/mol. The quantitative estimate of drug-likeness (QED) is 0.481. The standard InChI is InChI=1S/C21H22N4O3/c1-16-20(24-25(23-16)18-12-6-3-7-13-18)21(27)28-15-19(26)22-14-8-11-17-9-4-2-5-10-17/h2-7,9-10,12-13H,8,11,14-15H2,1H3,(H,22,26). The lowest BCUT2D eigenvalue weighted by Gasteiger charge is -2.06. The van der Waals surface area contributed by atoms with Gasteiger partial charge in [-0.1, -0.05) is 48.5 Å². The normalized spacial score (nSPS) is 10.5. The van der Waals surface area contributed by atoms with Crippen molar-refractivity contribution < 1.29 is 14.3 Å². The smallest absolute Gasteiger partial charge is 0.361 e. The fourth-order valence-corrected chi connectivity index (χ4v) is 2.66. The zero-order valence-corrected chi connectivity index (χ0v) is 15.7. The molecule has 1 amide bonds. The maximum absolute atomic E-state index is 12.2. The summed E-state index contributed by atoms with van der Waals surface area (Å²) in [5.74, 6) is -1.01. The number of nitrogens with zero attached hydrogens (tertiary/aromatic N) is 3. The van der Waals surface area contributed by atoms with Crippen LogP contribution in [0.1, 0.15) is 28.2 Å². The molecule has 0 aliphatic rings. The molecule has 7 heteroatoms. The topological polar surface area (TPSA) is 86.1 Å². The van der Waals surface area contributed by atoms with Crippen molar-refractivity contribution in [3.63, 3.8) is 0 Å². The van der Waals surface area contributed by atoms with E-state index in [-0.39, 0.29) is 18.2 Å². The summed E-state index contributed by atoms with van der Waals surface area (Å²) in [5.41, 5.74) is 2.50.